The number of amides is 1. The summed E-state index contributed by atoms with van der Waals surface area (Å²) in [6.07, 6.45) is 0. The fraction of sp³-hybridized carbons (Fsp3) is 0.278. The third-order valence-electron chi connectivity index (χ3n) is 3.29. The van der Waals surface area contributed by atoms with Crippen LogP contribution in [0.1, 0.15) is 5.56 Å². The van der Waals surface area contributed by atoms with Crippen LogP contribution in [0.5, 0.6) is 11.5 Å². The maximum Gasteiger partial charge on any atom is 0.230 e. The Morgan fingerprint density at radius 1 is 1.08 bits per heavy atom. The summed E-state index contributed by atoms with van der Waals surface area (Å²) in [4.78, 5) is 11.8. The second kappa shape index (κ2) is 10.4. The predicted octanol–water partition coefficient (Wildman–Crippen LogP) is 4.43. The lowest BCUT2D eigenvalue weighted by Gasteiger charge is -2.09. The van der Waals surface area contributed by atoms with Gasteiger partial charge in [-0.3, -0.25) is 4.79 Å². The maximum absolute atomic E-state index is 11.8. The summed E-state index contributed by atoms with van der Waals surface area (Å²) in [5.41, 5.74) is 0.853. The van der Waals surface area contributed by atoms with Gasteiger partial charge in [0.15, 0.2) is 0 Å². The summed E-state index contributed by atoms with van der Waals surface area (Å²) in [6.45, 7) is 0.845. The minimum atomic E-state index is -0.0495. The zero-order chi connectivity index (χ0) is 18.1. The van der Waals surface area contributed by atoms with Crippen molar-refractivity contribution in [3.8, 4) is 11.5 Å². The lowest BCUT2D eigenvalue weighted by atomic mass is 10.2. The molecule has 0 spiro atoms. The number of carbonyl (C=O) groups is 1. The van der Waals surface area contributed by atoms with E-state index in [0.29, 0.717) is 34.7 Å². The van der Waals surface area contributed by atoms with Gasteiger partial charge in [0.1, 0.15) is 18.1 Å². The Hall–Kier alpha value is -1.56. The Bertz CT molecular complexity index is 675. The third kappa shape index (κ3) is 6.69. The highest BCUT2D eigenvalue weighted by Gasteiger charge is 2.07. The number of nitrogens with one attached hydrogen (secondary N) is 1. The number of hydrogen-bond donors (Lipinski definition) is 1. The topological polar surface area (TPSA) is 47.6 Å². The van der Waals surface area contributed by atoms with E-state index in [1.54, 1.807) is 25.3 Å². The van der Waals surface area contributed by atoms with E-state index in [1.165, 1.54) is 11.8 Å². The fourth-order valence-electron chi connectivity index (χ4n) is 2.00. The average Bonchev–Trinajstić information content (AvgIpc) is 2.62. The van der Waals surface area contributed by atoms with Gasteiger partial charge in [-0.1, -0.05) is 29.3 Å². The van der Waals surface area contributed by atoms with Gasteiger partial charge >= 0.3 is 0 Å². The largest absolute Gasteiger partial charge is 0.497 e. The zero-order valence-electron chi connectivity index (χ0n) is 13.8. The van der Waals surface area contributed by atoms with Gasteiger partial charge in [-0.15, -0.1) is 11.8 Å². The Labute approximate surface area is 161 Å². The molecule has 0 bridgehead atoms. The van der Waals surface area contributed by atoms with E-state index < -0.39 is 0 Å². The molecule has 0 saturated carbocycles. The van der Waals surface area contributed by atoms with Crippen LogP contribution >= 0.6 is 35.0 Å². The predicted molar refractivity (Wildman–Crippen MR) is 104 cm³/mol. The Kier molecular flexibility index (Phi) is 8.25. The van der Waals surface area contributed by atoms with Crippen LogP contribution in [-0.4, -0.2) is 31.9 Å². The number of ether oxygens (including phenoxy) is 2. The van der Waals surface area contributed by atoms with E-state index in [4.69, 9.17) is 32.7 Å². The average molecular weight is 400 g/mol. The lowest BCUT2D eigenvalue weighted by molar-refractivity contribution is -0.118. The maximum atomic E-state index is 11.8. The van der Waals surface area contributed by atoms with Gasteiger partial charge in [0.25, 0.3) is 0 Å². The number of carbonyl (C=O) groups excluding carboxylic acids is 1. The number of rotatable bonds is 9. The first-order valence-corrected chi connectivity index (χ1v) is 9.55. The van der Waals surface area contributed by atoms with Gasteiger partial charge in [0.2, 0.25) is 5.91 Å². The van der Waals surface area contributed by atoms with Crippen molar-refractivity contribution in [2.45, 2.75) is 5.75 Å². The van der Waals surface area contributed by atoms with Crippen molar-refractivity contribution >= 4 is 40.9 Å². The zero-order valence-corrected chi connectivity index (χ0v) is 16.1. The highest BCUT2D eigenvalue weighted by atomic mass is 35.5. The molecule has 1 N–H and O–H groups in total. The SMILES string of the molecule is COc1ccc(OCCNC(=O)CSCc2c(Cl)cccc2Cl)cc1. The van der Waals surface area contributed by atoms with Gasteiger partial charge in [0.05, 0.1) is 19.4 Å². The first kappa shape index (κ1) is 19.8. The number of hydrogen-bond acceptors (Lipinski definition) is 4. The second-order valence-electron chi connectivity index (χ2n) is 5.07. The van der Waals surface area contributed by atoms with Crippen LogP contribution in [0.2, 0.25) is 10.0 Å². The molecule has 0 saturated heterocycles. The highest BCUT2D eigenvalue weighted by molar-refractivity contribution is 7.99. The molecule has 0 aliphatic heterocycles. The molecular weight excluding hydrogens is 381 g/mol. The van der Waals surface area contributed by atoms with Crippen LogP contribution in [0.15, 0.2) is 42.5 Å². The minimum Gasteiger partial charge on any atom is -0.497 e. The molecular formula is C18H19Cl2NO3S. The van der Waals surface area contributed by atoms with E-state index in [0.717, 1.165) is 17.1 Å². The van der Waals surface area contributed by atoms with Crippen molar-refractivity contribution in [3.63, 3.8) is 0 Å². The van der Waals surface area contributed by atoms with E-state index in [1.807, 2.05) is 24.3 Å². The normalized spacial score (nSPS) is 10.4. The number of methoxy groups -OCH3 is 1. The Morgan fingerprint density at radius 3 is 2.36 bits per heavy atom. The molecule has 2 aromatic rings. The summed E-state index contributed by atoms with van der Waals surface area (Å²) in [5.74, 6) is 2.39. The number of thioether (sulfide) groups is 1. The highest BCUT2D eigenvalue weighted by Crippen LogP contribution is 2.28. The van der Waals surface area contributed by atoms with Gasteiger partial charge in [0, 0.05) is 15.8 Å². The molecule has 0 radical (unpaired) electrons. The minimum absolute atomic E-state index is 0.0495. The smallest absolute Gasteiger partial charge is 0.230 e. The Balaban J connectivity index is 1.62. The third-order valence-corrected chi connectivity index (χ3v) is 4.96. The van der Waals surface area contributed by atoms with Crippen LogP contribution in [-0.2, 0) is 10.5 Å². The van der Waals surface area contributed by atoms with Crippen LogP contribution in [0, 0.1) is 0 Å². The van der Waals surface area contributed by atoms with Gasteiger partial charge in [-0.2, -0.15) is 0 Å². The fourth-order valence-corrected chi connectivity index (χ4v) is 3.59. The van der Waals surface area contributed by atoms with E-state index in [-0.39, 0.29) is 5.91 Å². The van der Waals surface area contributed by atoms with E-state index in [2.05, 4.69) is 5.32 Å². The molecule has 4 nitrogen and oxygen atoms in total. The van der Waals surface area contributed by atoms with E-state index >= 15 is 0 Å². The summed E-state index contributed by atoms with van der Waals surface area (Å²) in [6, 6.07) is 12.7. The van der Waals surface area contributed by atoms with Crippen LogP contribution < -0.4 is 14.8 Å². The number of halogens is 2. The molecule has 0 fully saturated rings. The molecule has 0 aromatic heterocycles. The van der Waals surface area contributed by atoms with Crippen molar-refractivity contribution in [1.29, 1.82) is 0 Å². The molecule has 2 aromatic carbocycles. The molecule has 1 amide bonds. The molecule has 2 rings (SSSR count). The van der Waals surface area contributed by atoms with Crippen LogP contribution in [0.25, 0.3) is 0 Å². The molecule has 0 heterocycles. The Morgan fingerprint density at radius 2 is 1.72 bits per heavy atom. The van der Waals surface area contributed by atoms with Crippen molar-refractivity contribution < 1.29 is 14.3 Å². The molecule has 0 aliphatic rings. The van der Waals surface area contributed by atoms with Crippen molar-refractivity contribution in [2.24, 2.45) is 0 Å². The molecule has 0 atom stereocenters. The molecule has 25 heavy (non-hydrogen) atoms. The van der Waals surface area contributed by atoms with Crippen molar-refractivity contribution in [3.05, 3.63) is 58.1 Å². The van der Waals surface area contributed by atoms with Crippen LogP contribution in [0.3, 0.4) is 0 Å². The van der Waals surface area contributed by atoms with Gasteiger partial charge in [-0.25, -0.2) is 0 Å². The number of benzene rings is 2. The van der Waals surface area contributed by atoms with Gasteiger partial charge < -0.3 is 14.8 Å². The van der Waals surface area contributed by atoms with Crippen LogP contribution in [0.4, 0.5) is 0 Å². The molecule has 0 aliphatic carbocycles. The summed E-state index contributed by atoms with van der Waals surface area (Å²) >= 11 is 13.7. The van der Waals surface area contributed by atoms with Crippen molar-refractivity contribution in [1.82, 2.24) is 5.32 Å². The second-order valence-corrected chi connectivity index (χ2v) is 6.87. The van der Waals surface area contributed by atoms with Gasteiger partial charge in [-0.05, 0) is 42.0 Å². The summed E-state index contributed by atoms with van der Waals surface area (Å²) in [5, 5.41) is 4.05. The quantitative estimate of drug-likeness (QED) is 0.633. The molecule has 7 heteroatoms. The first-order valence-electron chi connectivity index (χ1n) is 7.64. The molecule has 0 unspecified atom stereocenters. The van der Waals surface area contributed by atoms with E-state index in [9.17, 15) is 4.79 Å². The lowest BCUT2D eigenvalue weighted by Crippen LogP contribution is -2.29. The summed E-state index contributed by atoms with van der Waals surface area (Å²) < 4.78 is 10.6. The molecule has 134 valence electrons. The van der Waals surface area contributed by atoms with Crippen molar-refractivity contribution in [2.75, 3.05) is 26.0 Å². The standard InChI is InChI=1S/C18H19Cl2NO3S/c1-23-13-5-7-14(8-6-13)24-10-9-21-18(22)12-25-11-15-16(19)3-2-4-17(15)20/h2-8H,9-12H2,1H3,(H,21,22). The monoisotopic (exact) mass is 399 g/mol. The summed E-state index contributed by atoms with van der Waals surface area (Å²) in [7, 11) is 1.61. The first-order chi connectivity index (χ1) is 12.1.